The van der Waals surface area contributed by atoms with Crippen molar-refractivity contribution in [1.29, 1.82) is 0 Å². The minimum Gasteiger partial charge on any atom is -0.507 e. The zero-order valence-corrected chi connectivity index (χ0v) is 18.9. The van der Waals surface area contributed by atoms with Gasteiger partial charge in [0.1, 0.15) is 39.7 Å². The smallest absolute Gasteiger partial charge is 0.194 e. The van der Waals surface area contributed by atoms with Gasteiger partial charge in [-0.25, -0.2) is 0 Å². The van der Waals surface area contributed by atoms with Crippen molar-refractivity contribution >= 4 is 34.6 Å². The van der Waals surface area contributed by atoms with Gasteiger partial charge in [0, 0.05) is 28.4 Å². The van der Waals surface area contributed by atoms with Crippen LogP contribution in [0.2, 0.25) is 5.02 Å². The van der Waals surface area contributed by atoms with Crippen LogP contribution in [-0.2, 0) is 15.0 Å². The number of hydrogen-bond acceptors (Lipinski definition) is 8. The van der Waals surface area contributed by atoms with Crippen molar-refractivity contribution in [2.75, 3.05) is 5.32 Å². The summed E-state index contributed by atoms with van der Waals surface area (Å²) in [4.78, 5) is 38.9. The number of ether oxygens (including phenoxy) is 1. The number of ketones is 3. The van der Waals surface area contributed by atoms with E-state index in [9.17, 15) is 29.7 Å². The van der Waals surface area contributed by atoms with E-state index in [1.165, 1.54) is 45.9 Å². The van der Waals surface area contributed by atoms with Crippen molar-refractivity contribution in [2.45, 2.75) is 33.1 Å². The second-order valence-corrected chi connectivity index (χ2v) is 8.61. The molecule has 0 amide bonds. The monoisotopic (exact) mass is 469 g/mol. The molecule has 0 unspecified atom stereocenters. The SMILES string of the molecule is CC(=O)c1c(O)c(C)c(O)c2c1OC1=CC(=O)/C(=C(/C)Nc3ccc(Cl)cc3O)C(=O)[C@@]12C. The molecule has 0 saturated carbocycles. The molecule has 2 aliphatic rings. The lowest BCUT2D eigenvalue weighted by Crippen LogP contribution is -2.40. The molecule has 9 heteroatoms. The third-order valence-electron chi connectivity index (χ3n) is 6.04. The molecule has 2 aromatic rings. The van der Waals surface area contributed by atoms with Crippen LogP contribution in [0.5, 0.6) is 23.0 Å². The number of halogens is 1. The highest BCUT2D eigenvalue weighted by Crippen LogP contribution is 2.57. The lowest BCUT2D eigenvalue weighted by molar-refractivity contribution is -0.123. The van der Waals surface area contributed by atoms with E-state index in [4.69, 9.17) is 16.3 Å². The Kier molecular flexibility index (Phi) is 5.01. The van der Waals surface area contributed by atoms with E-state index in [2.05, 4.69) is 5.32 Å². The maximum absolute atomic E-state index is 13.7. The van der Waals surface area contributed by atoms with Crippen LogP contribution in [0.1, 0.15) is 42.3 Å². The van der Waals surface area contributed by atoms with E-state index in [1.54, 1.807) is 0 Å². The second kappa shape index (κ2) is 7.38. The van der Waals surface area contributed by atoms with Crippen LogP contribution in [0, 0.1) is 6.92 Å². The number of phenols is 3. The number of allylic oxidation sites excluding steroid dienone is 4. The van der Waals surface area contributed by atoms with Crippen molar-refractivity contribution < 1.29 is 34.4 Å². The Balaban J connectivity index is 1.91. The average Bonchev–Trinajstić information content (AvgIpc) is 3.01. The molecule has 1 aliphatic carbocycles. The number of nitrogens with one attached hydrogen (secondary N) is 1. The highest BCUT2D eigenvalue weighted by atomic mass is 35.5. The number of carbonyl (C=O) groups excluding carboxylic acids is 3. The standard InChI is InChI=1S/C24H20ClNO7/c1-9-20(30)18(11(3)27)22-19(21(9)31)24(4)16(33-22)8-15(29)17(23(24)32)10(2)26-13-6-5-12(25)7-14(13)28/h5-8,26,28,30-31H,1-4H3/b17-10+/t24-/m0/s1. The van der Waals surface area contributed by atoms with Crippen LogP contribution in [0.3, 0.4) is 0 Å². The summed E-state index contributed by atoms with van der Waals surface area (Å²) in [5, 5.41) is 34.5. The first-order valence-electron chi connectivity index (χ1n) is 9.95. The van der Waals surface area contributed by atoms with Gasteiger partial charge in [-0.15, -0.1) is 0 Å². The van der Waals surface area contributed by atoms with Crippen LogP contribution in [-0.4, -0.2) is 32.7 Å². The summed E-state index contributed by atoms with van der Waals surface area (Å²) in [7, 11) is 0. The Morgan fingerprint density at radius 1 is 1.12 bits per heavy atom. The number of phenolic OH excluding ortho intramolecular Hbond substituents is 3. The number of rotatable bonds is 3. The summed E-state index contributed by atoms with van der Waals surface area (Å²) in [5.74, 6) is -3.08. The highest BCUT2D eigenvalue weighted by Gasteiger charge is 2.56. The summed E-state index contributed by atoms with van der Waals surface area (Å²) >= 11 is 5.85. The van der Waals surface area contributed by atoms with Crippen molar-refractivity contribution in [3.63, 3.8) is 0 Å². The number of benzene rings is 2. The fourth-order valence-electron chi connectivity index (χ4n) is 4.24. The van der Waals surface area contributed by atoms with Gasteiger partial charge in [-0.1, -0.05) is 11.6 Å². The summed E-state index contributed by atoms with van der Waals surface area (Å²) in [6, 6.07) is 4.33. The van der Waals surface area contributed by atoms with Crippen LogP contribution in [0.25, 0.3) is 0 Å². The summed E-state index contributed by atoms with van der Waals surface area (Å²) in [6.07, 6.45) is 1.12. The zero-order chi connectivity index (χ0) is 24.4. The number of anilines is 1. The van der Waals surface area contributed by atoms with Gasteiger partial charge in [0.25, 0.3) is 0 Å². The van der Waals surface area contributed by atoms with E-state index in [0.717, 1.165) is 6.08 Å². The minimum atomic E-state index is -1.61. The molecule has 1 heterocycles. The Labute approximate surface area is 193 Å². The quantitative estimate of drug-likeness (QED) is 0.229. The molecule has 1 aliphatic heterocycles. The van der Waals surface area contributed by atoms with Crippen molar-refractivity contribution in [3.8, 4) is 23.0 Å². The lowest BCUT2D eigenvalue weighted by atomic mass is 9.70. The Bertz CT molecular complexity index is 1360. The molecule has 0 radical (unpaired) electrons. The first-order chi connectivity index (χ1) is 15.4. The lowest BCUT2D eigenvalue weighted by Gasteiger charge is -2.29. The van der Waals surface area contributed by atoms with E-state index in [0.29, 0.717) is 5.02 Å². The topological polar surface area (TPSA) is 133 Å². The minimum absolute atomic E-state index is 0.00592. The Hall–Kier alpha value is -3.78. The molecular formula is C24H20ClNO7. The summed E-state index contributed by atoms with van der Waals surface area (Å²) in [5.41, 5.74) is -1.58. The van der Waals surface area contributed by atoms with Gasteiger partial charge in [0.05, 0.1) is 16.8 Å². The van der Waals surface area contributed by atoms with Gasteiger partial charge in [-0.3, -0.25) is 14.4 Å². The molecule has 0 bridgehead atoms. The van der Waals surface area contributed by atoms with Crippen molar-refractivity contribution in [1.82, 2.24) is 0 Å². The molecule has 4 N–H and O–H groups in total. The van der Waals surface area contributed by atoms with Gasteiger partial charge < -0.3 is 25.4 Å². The molecule has 0 fully saturated rings. The molecule has 2 aromatic carbocycles. The Morgan fingerprint density at radius 3 is 2.39 bits per heavy atom. The van der Waals surface area contributed by atoms with Gasteiger partial charge in [-0.2, -0.15) is 0 Å². The fraction of sp³-hybridized carbons (Fsp3) is 0.208. The maximum Gasteiger partial charge on any atom is 0.194 e. The predicted octanol–water partition coefficient (Wildman–Crippen LogP) is 4.04. The number of carbonyl (C=O) groups is 3. The molecule has 0 spiro atoms. The molecule has 0 aromatic heterocycles. The van der Waals surface area contributed by atoms with Crippen LogP contribution in [0.15, 0.2) is 41.3 Å². The second-order valence-electron chi connectivity index (χ2n) is 8.17. The highest BCUT2D eigenvalue weighted by molar-refractivity contribution is 6.32. The fourth-order valence-corrected chi connectivity index (χ4v) is 4.40. The molecule has 1 atom stereocenters. The first kappa shape index (κ1) is 22.4. The molecule has 33 heavy (non-hydrogen) atoms. The third kappa shape index (κ3) is 3.09. The van der Waals surface area contributed by atoms with Gasteiger partial charge in [-0.05, 0) is 39.8 Å². The van der Waals surface area contributed by atoms with E-state index in [-0.39, 0.29) is 50.9 Å². The van der Waals surface area contributed by atoms with Crippen LogP contribution in [0.4, 0.5) is 5.69 Å². The van der Waals surface area contributed by atoms with Gasteiger partial charge >= 0.3 is 0 Å². The predicted molar refractivity (Wildman–Crippen MR) is 120 cm³/mol. The summed E-state index contributed by atoms with van der Waals surface area (Å²) in [6.45, 7) is 5.61. The van der Waals surface area contributed by atoms with E-state index in [1.807, 2.05) is 0 Å². The molecular weight excluding hydrogens is 450 g/mol. The number of Topliss-reactive ketones (excluding diaryl/α,β-unsaturated/α-hetero) is 2. The zero-order valence-electron chi connectivity index (χ0n) is 18.2. The van der Waals surface area contributed by atoms with Crippen LogP contribution < -0.4 is 10.1 Å². The van der Waals surface area contributed by atoms with Crippen LogP contribution >= 0.6 is 11.6 Å². The number of hydrogen-bond donors (Lipinski definition) is 4. The Morgan fingerprint density at radius 2 is 1.79 bits per heavy atom. The molecule has 4 rings (SSSR count). The first-order valence-corrected chi connectivity index (χ1v) is 10.3. The normalized spacial score (nSPS) is 20.6. The van der Waals surface area contributed by atoms with Gasteiger partial charge in [0.2, 0.25) is 0 Å². The molecule has 8 nitrogen and oxygen atoms in total. The average molecular weight is 470 g/mol. The number of aromatic hydroxyl groups is 3. The third-order valence-corrected chi connectivity index (χ3v) is 6.28. The van der Waals surface area contributed by atoms with Gasteiger partial charge in [0.15, 0.2) is 17.3 Å². The molecule has 170 valence electrons. The van der Waals surface area contributed by atoms with Crippen molar-refractivity contribution in [3.05, 3.63) is 63.0 Å². The number of fused-ring (bicyclic) bond motifs is 3. The van der Waals surface area contributed by atoms with Crippen molar-refractivity contribution in [2.24, 2.45) is 0 Å². The molecule has 0 saturated heterocycles. The van der Waals surface area contributed by atoms with E-state index < -0.39 is 34.3 Å². The van der Waals surface area contributed by atoms with E-state index >= 15 is 0 Å². The largest absolute Gasteiger partial charge is 0.507 e. The summed E-state index contributed by atoms with van der Waals surface area (Å²) < 4.78 is 5.72. The maximum atomic E-state index is 13.7.